The number of aryl methyl sites for hydroxylation is 1. The molecule has 0 atom stereocenters. The molecule has 2 N–H and O–H groups in total. The van der Waals surface area contributed by atoms with Crippen LogP contribution >= 0.6 is 0 Å². The molecule has 0 amide bonds. The molecule has 0 aliphatic carbocycles. The Morgan fingerprint density at radius 3 is 2.87 bits per heavy atom. The number of ether oxygens (including phenoxy) is 1. The first-order chi connectivity index (χ1) is 7.36. The molecular formula is C13H23NO. The first-order valence-corrected chi connectivity index (χ1v) is 5.72. The van der Waals surface area contributed by atoms with Crippen LogP contribution in [0.15, 0.2) is 24.3 Å². The Morgan fingerprint density at radius 1 is 1.33 bits per heavy atom. The highest BCUT2D eigenvalue weighted by atomic mass is 16.5. The van der Waals surface area contributed by atoms with Crippen molar-refractivity contribution in [1.82, 2.24) is 0 Å². The number of rotatable bonds is 7. The van der Waals surface area contributed by atoms with Gasteiger partial charge in [-0.25, -0.2) is 0 Å². The maximum atomic E-state index is 5.51. The van der Waals surface area contributed by atoms with Gasteiger partial charge in [-0.2, -0.15) is 0 Å². The molecule has 0 unspecified atom stereocenters. The monoisotopic (exact) mass is 209 g/mol. The molecule has 1 aromatic rings. The highest BCUT2D eigenvalue weighted by Crippen LogP contribution is 2.08. The predicted molar refractivity (Wildman–Crippen MR) is 65.9 cm³/mol. The van der Waals surface area contributed by atoms with E-state index in [9.17, 15) is 0 Å². The largest absolute Gasteiger partial charge is 0.377 e. The fraction of sp³-hybridized carbons (Fsp3) is 0.538. The Balaban J connectivity index is 0.00000225. The minimum Gasteiger partial charge on any atom is -0.377 e. The van der Waals surface area contributed by atoms with E-state index in [-0.39, 0.29) is 1.43 Å². The number of hydrogen-bond donors (Lipinski definition) is 1. The zero-order valence-electron chi connectivity index (χ0n) is 9.54. The third-order valence-corrected chi connectivity index (χ3v) is 2.29. The Labute approximate surface area is 93.9 Å². The van der Waals surface area contributed by atoms with Crippen LogP contribution in [-0.4, -0.2) is 13.2 Å². The summed E-state index contributed by atoms with van der Waals surface area (Å²) in [5.74, 6) is 0. The van der Waals surface area contributed by atoms with E-state index in [0.717, 1.165) is 19.4 Å². The van der Waals surface area contributed by atoms with Gasteiger partial charge in [0.05, 0.1) is 6.61 Å². The summed E-state index contributed by atoms with van der Waals surface area (Å²) in [5, 5.41) is 0. The van der Waals surface area contributed by atoms with Crippen LogP contribution in [0.2, 0.25) is 0 Å². The van der Waals surface area contributed by atoms with Crippen LogP contribution < -0.4 is 5.73 Å². The summed E-state index contributed by atoms with van der Waals surface area (Å²) >= 11 is 0. The van der Waals surface area contributed by atoms with Gasteiger partial charge >= 0.3 is 0 Å². The average molecular weight is 209 g/mol. The molecule has 1 aromatic carbocycles. The molecule has 1 rings (SSSR count). The van der Waals surface area contributed by atoms with E-state index in [1.165, 1.54) is 17.5 Å². The van der Waals surface area contributed by atoms with E-state index in [0.29, 0.717) is 13.2 Å². The van der Waals surface area contributed by atoms with Crippen LogP contribution in [0.25, 0.3) is 0 Å². The first-order valence-electron chi connectivity index (χ1n) is 5.72. The lowest BCUT2D eigenvalue weighted by Crippen LogP contribution is -2.04. The molecule has 0 aliphatic rings. The SMILES string of the molecule is CCCc1cccc(COCCCN)c1.[HH]. The minimum absolute atomic E-state index is 0. The van der Waals surface area contributed by atoms with Gasteiger partial charge in [0.1, 0.15) is 0 Å². The van der Waals surface area contributed by atoms with E-state index in [2.05, 4.69) is 31.2 Å². The molecule has 0 saturated carbocycles. The highest BCUT2D eigenvalue weighted by molar-refractivity contribution is 5.22. The summed E-state index contributed by atoms with van der Waals surface area (Å²) < 4.78 is 5.51. The van der Waals surface area contributed by atoms with Gasteiger partial charge in [-0.1, -0.05) is 37.6 Å². The molecule has 0 spiro atoms. The maximum Gasteiger partial charge on any atom is 0.0716 e. The van der Waals surface area contributed by atoms with Gasteiger partial charge in [-0.15, -0.1) is 0 Å². The normalized spacial score (nSPS) is 10.5. The number of hydrogen-bond acceptors (Lipinski definition) is 2. The van der Waals surface area contributed by atoms with Gasteiger partial charge in [0.2, 0.25) is 0 Å². The topological polar surface area (TPSA) is 35.2 Å². The summed E-state index contributed by atoms with van der Waals surface area (Å²) in [6.07, 6.45) is 3.28. The van der Waals surface area contributed by atoms with E-state index < -0.39 is 0 Å². The summed E-state index contributed by atoms with van der Waals surface area (Å²) in [6, 6.07) is 8.62. The van der Waals surface area contributed by atoms with Gasteiger partial charge in [0.15, 0.2) is 0 Å². The lowest BCUT2D eigenvalue weighted by atomic mass is 10.1. The molecule has 0 aliphatic heterocycles. The maximum absolute atomic E-state index is 5.51. The van der Waals surface area contributed by atoms with Crippen molar-refractivity contribution >= 4 is 0 Å². The third-order valence-electron chi connectivity index (χ3n) is 2.29. The van der Waals surface area contributed by atoms with Crippen molar-refractivity contribution in [3.05, 3.63) is 35.4 Å². The summed E-state index contributed by atoms with van der Waals surface area (Å²) in [5.41, 5.74) is 8.05. The van der Waals surface area contributed by atoms with Gasteiger partial charge in [0.25, 0.3) is 0 Å². The third kappa shape index (κ3) is 4.96. The Kier molecular flexibility index (Phi) is 6.05. The van der Waals surface area contributed by atoms with Crippen molar-refractivity contribution < 1.29 is 6.16 Å². The second kappa shape index (κ2) is 7.43. The van der Waals surface area contributed by atoms with Gasteiger partial charge in [-0.05, 0) is 30.5 Å². The van der Waals surface area contributed by atoms with E-state index in [1.807, 2.05) is 0 Å². The smallest absolute Gasteiger partial charge is 0.0716 e. The lowest BCUT2D eigenvalue weighted by Gasteiger charge is -2.05. The summed E-state index contributed by atoms with van der Waals surface area (Å²) in [6.45, 7) is 4.37. The van der Waals surface area contributed by atoms with Crippen LogP contribution in [-0.2, 0) is 17.8 Å². The molecule has 86 valence electrons. The first kappa shape index (κ1) is 12.2. The van der Waals surface area contributed by atoms with Crippen molar-refractivity contribution in [3.63, 3.8) is 0 Å². The van der Waals surface area contributed by atoms with Crippen molar-refractivity contribution in [2.75, 3.05) is 13.2 Å². The fourth-order valence-corrected chi connectivity index (χ4v) is 1.54. The molecular weight excluding hydrogens is 186 g/mol. The zero-order valence-corrected chi connectivity index (χ0v) is 9.54. The Hall–Kier alpha value is -0.860. The number of benzene rings is 1. The molecule has 0 saturated heterocycles. The van der Waals surface area contributed by atoms with Crippen LogP contribution in [0.3, 0.4) is 0 Å². The predicted octanol–water partition coefficient (Wildman–Crippen LogP) is 2.75. The van der Waals surface area contributed by atoms with Gasteiger partial charge in [-0.3, -0.25) is 0 Å². The van der Waals surface area contributed by atoms with Crippen LogP contribution in [0.4, 0.5) is 0 Å². The fourth-order valence-electron chi connectivity index (χ4n) is 1.54. The molecule has 0 heterocycles. The molecule has 0 fully saturated rings. The van der Waals surface area contributed by atoms with Gasteiger partial charge < -0.3 is 10.5 Å². The average Bonchev–Trinajstić information content (AvgIpc) is 2.26. The Bertz CT molecular complexity index is 278. The van der Waals surface area contributed by atoms with Gasteiger partial charge in [0, 0.05) is 8.03 Å². The molecule has 0 bridgehead atoms. The van der Waals surface area contributed by atoms with Crippen LogP contribution in [0.1, 0.15) is 32.3 Å². The van der Waals surface area contributed by atoms with Crippen LogP contribution in [0.5, 0.6) is 0 Å². The number of nitrogens with two attached hydrogens (primary N) is 1. The summed E-state index contributed by atoms with van der Waals surface area (Å²) in [7, 11) is 0. The second-order valence-corrected chi connectivity index (χ2v) is 3.76. The quantitative estimate of drug-likeness (QED) is 0.701. The van der Waals surface area contributed by atoms with Crippen molar-refractivity contribution in [1.29, 1.82) is 0 Å². The lowest BCUT2D eigenvalue weighted by molar-refractivity contribution is 0.120. The van der Waals surface area contributed by atoms with E-state index in [4.69, 9.17) is 10.5 Å². The summed E-state index contributed by atoms with van der Waals surface area (Å²) in [4.78, 5) is 0. The zero-order chi connectivity index (χ0) is 10.9. The standard InChI is InChI=1S/C13H21NO.H2/c1-2-5-12-6-3-7-13(10-12)11-15-9-4-8-14;/h3,6-7,10H,2,4-5,8-9,11,14H2,1H3;1H. The minimum atomic E-state index is 0. The molecule has 0 radical (unpaired) electrons. The molecule has 0 aromatic heterocycles. The highest BCUT2D eigenvalue weighted by Gasteiger charge is 1.95. The molecule has 2 heteroatoms. The van der Waals surface area contributed by atoms with Crippen molar-refractivity contribution in [3.8, 4) is 0 Å². The molecule has 2 nitrogen and oxygen atoms in total. The van der Waals surface area contributed by atoms with Crippen molar-refractivity contribution in [2.45, 2.75) is 32.8 Å². The van der Waals surface area contributed by atoms with Crippen LogP contribution in [0, 0.1) is 0 Å². The Morgan fingerprint density at radius 2 is 2.13 bits per heavy atom. The molecule has 15 heavy (non-hydrogen) atoms. The van der Waals surface area contributed by atoms with E-state index in [1.54, 1.807) is 0 Å². The second-order valence-electron chi connectivity index (χ2n) is 3.76. The van der Waals surface area contributed by atoms with E-state index >= 15 is 0 Å². The van der Waals surface area contributed by atoms with Crippen molar-refractivity contribution in [2.24, 2.45) is 5.73 Å².